The van der Waals surface area contributed by atoms with E-state index in [1.807, 2.05) is 7.05 Å². The van der Waals surface area contributed by atoms with Gasteiger partial charge >= 0.3 is 0 Å². The molecule has 1 heterocycles. The summed E-state index contributed by atoms with van der Waals surface area (Å²) in [5.74, 6) is 0.156. The van der Waals surface area contributed by atoms with Gasteiger partial charge in [-0.2, -0.15) is 4.31 Å². The van der Waals surface area contributed by atoms with E-state index in [0.29, 0.717) is 18.8 Å². The number of sulfonamides is 1. The lowest BCUT2D eigenvalue weighted by Crippen LogP contribution is -2.46. The number of nitrogens with zero attached hydrogens (tertiary/aromatic N) is 2. The summed E-state index contributed by atoms with van der Waals surface area (Å²) < 4.78 is 26.7. The highest BCUT2D eigenvalue weighted by atomic mass is 32.2. The van der Waals surface area contributed by atoms with Crippen LogP contribution in [-0.2, 0) is 14.8 Å². The summed E-state index contributed by atoms with van der Waals surface area (Å²) in [5.41, 5.74) is 0.647. The van der Waals surface area contributed by atoms with Gasteiger partial charge in [-0.15, -0.1) is 0 Å². The van der Waals surface area contributed by atoms with E-state index in [9.17, 15) is 13.2 Å². The van der Waals surface area contributed by atoms with Crippen LogP contribution in [0.5, 0.6) is 0 Å². The number of hydrogen-bond acceptors (Lipinski definition) is 4. The van der Waals surface area contributed by atoms with Crippen LogP contribution in [0, 0.1) is 5.92 Å². The number of carbonyl (C=O) groups is 1. The van der Waals surface area contributed by atoms with E-state index >= 15 is 0 Å². The summed E-state index contributed by atoms with van der Waals surface area (Å²) in [6, 6.07) is 6.44. The second-order valence-corrected chi connectivity index (χ2v) is 7.93. The fourth-order valence-electron chi connectivity index (χ4n) is 2.48. The van der Waals surface area contributed by atoms with Gasteiger partial charge in [-0.1, -0.05) is 0 Å². The Morgan fingerprint density at radius 1 is 1.09 bits per heavy atom. The van der Waals surface area contributed by atoms with Crippen molar-refractivity contribution in [1.29, 1.82) is 0 Å². The van der Waals surface area contributed by atoms with Crippen molar-refractivity contribution in [3.05, 3.63) is 24.3 Å². The van der Waals surface area contributed by atoms with Crippen molar-refractivity contribution >= 4 is 21.6 Å². The molecule has 3 rings (SSSR count). The molecule has 1 amide bonds. The Labute approximate surface area is 131 Å². The SMILES string of the molecule is CN1CCN(S(=O)(=O)c2ccc(NC(=O)C3CC3)cc2)CC1. The fourth-order valence-corrected chi connectivity index (χ4v) is 3.90. The first-order chi connectivity index (χ1) is 10.5. The summed E-state index contributed by atoms with van der Waals surface area (Å²) in [7, 11) is -1.45. The van der Waals surface area contributed by atoms with Gasteiger partial charge < -0.3 is 10.2 Å². The molecule has 0 bridgehead atoms. The average molecular weight is 323 g/mol. The monoisotopic (exact) mass is 323 g/mol. The highest BCUT2D eigenvalue weighted by molar-refractivity contribution is 7.89. The molecule has 2 fully saturated rings. The maximum absolute atomic E-state index is 12.6. The molecule has 0 atom stereocenters. The molecule has 1 aromatic carbocycles. The molecule has 22 heavy (non-hydrogen) atoms. The number of anilines is 1. The predicted molar refractivity (Wildman–Crippen MR) is 84.1 cm³/mol. The van der Waals surface area contributed by atoms with Gasteiger partial charge in [0.2, 0.25) is 15.9 Å². The lowest BCUT2D eigenvalue weighted by Gasteiger charge is -2.31. The van der Waals surface area contributed by atoms with Crippen LogP contribution in [-0.4, -0.2) is 56.8 Å². The van der Waals surface area contributed by atoms with E-state index in [0.717, 1.165) is 25.9 Å². The van der Waals surface area contributed by atoms with Crippen LogP contribution in [0.25, 0.3) is 0 Å². The van der Waals surface area contributed by atoms with Gasteiger partial charge in [0.1, 0.15) is 0 Å². The number of carbonyl (C=O) groups excluding carboxylic acids is 1. The van der Waals surface area contributed by atoms with Crippen LogP contribution in [0.1, 0.15) is 12.8 Å². The van der Waals surface area contributed by atoms with Crippen LogP contribution >= 0.6 is 0 Å². The second kappa shape index (κ2) is 5.98. The summed E-state index contributed by atoms with van der Waals surface area (Å²) in [6.07, 6.45) is 1.89. The van der Waals surface area contributed by atoms with Crippen molar-refractivity contribution in [2.75, 3.05) is 38.5 Å². The normalized spacial score (nSPS) is 20.8. The Bertz CT molecular complexity index is 645. The van der Waals surface area contributed by atoms with Crippen molar-refractivity contribution in [3.63, 3.8) is 0 Å². The van der Waals surface area contributed by atoms with Crippen molar-refractivity contribution < 1.29 is 13.2 Å². The number of benzene rings is 1. The van der Waals surface area contributed by atoms with Gasteiger partial charge in [-0.3, -0.25) is 4.79 Å². The average Bonchev–Trinajstić information content (AvgIpc) is 3.33. The van der Waals surface area contributed by atoms with Gasteiger partial charge in [0, 0.05) is 37.8 Å². The molecule has 0 radical (unpaired) electrons. The lowest BCUT2D eigenvalue weighted by atomic mass is 10.3. The molecule has 6 nitrogen and oxygen atoms in total. The van der Waals surface area contributed by atoms with Crippen molar-refractivity contribution in [1.82, 2.24) is 9.21 Å². The van der Waals surface area contributed by atoms with Crippen molar-refractivity contribution in [3.8, 4) is 0 Å². The van der Waals surface area contributed by atoms with E-state index in [-0.39, 0.29) is 16.7 Å². The maximum atomic E-state index is 12.6. The van der Waals surface area contributed by atoms with Crippen LogP contribution in [0.15, 0.2) is 29.2 Å². The molecular weight excluding hydrogens is 302 g/mol. The summed E-state index contributed by atoms with van der Waals surface area (Å²) in [6.45, 7) is 2.52. The first kappa shape index (κ1) is 15.5. The summed E-state index contributed by atoms with van der Waals surface area (Å²) in [4.78, 5) is 14.1. The molecule has 1 saturated heterocycles. The number of amides is 1. The molecule has 1 aliphatic heterocycles. The molecule has 2 aliphatic rings. The molecule has 0 unspecified atom stereocenters. The Morgan fingerprint density at radius 2 is 1.68 bits per heavy atom. The van der Waals surface area contributed by atoms with Crippen LogP contribution in [0.4, 0.5) is 5.69 Å². The van der Waals surface area contributed by atoms with E-state index in [4.69, 9.17) is 0 Å². The van der Waals surface area contributed by atoms with Gasteiger partial charge in [0.15, 0.2) is 0 Å². The molecule has 0 aromatic heterocycles. The minimum Gasteiger partial charge on any atom is -0.326 e. The minimum absolute atomic E-state index is 0.0228. The summed E-state index contributed by atoms with van der Waals surface area (Å²) >= 11 is 0. The zero-order valence-corrected chi connectivity index (χ0v) is 13.5. The van der Waals surface area contributed by atoms with Crippen LogP contribution < -0.4 is 5.32 Å². The molecule has 120 valence electrons. The molecule has 1 aromatic rings. The highest BCUT2D eigenvalue weighted by Crippen LogP contribution is 2.30. The van der Waals surface area contributed by atoms with E-state index in [1.165, 1.54) is 4.31 Å². The molecule has 0 spiro atoms. The zero-order chi connectivity index (χ0) is 15.7. The third-order valence-electron chi connectivity index (χ3n) is 4.17. The summed E-state index contributed by atoms with van der Waals surface area (Å²) in [5, 5.41) is 2.81. The number of nitrogens with one attached hydrogen (secondary N) is 1. The molecule has 1 aliphatic carbocycles. The Morgan fingerprint density at radius 3 is 2.23 bits per heavy atom. The predicted octanol–water partition coefficient (Wildman–Crippen LogP) is 0.971. The fraction of sp³-hybridized carbons (Fsp3) is 0.533. The zero-order valence-electron chi connectivity index (χ0n) is 12.7. The lowest BCUT2D eigenvalue weighted by molar-refractivity contribution is -0.117. The third kappa shape index (κ3) is 3.31. The Balaban J connectivity index is 1.69. The van der Waals surface area contributed by atoms with E-state index in [1.54, 1.807) is 24.3 Å². The molecular formula is C15H21N3O3S. The van der Waals surface area contributed by atoms with Crippen molar-refractivity contribution in [2.45, 2.75) is 17.7 Å². The standard InChI is InChI=1S/C15H21N3O3S/c1-17-8-10-18(11-9-17)22(20,21)14-6-4-13(5-7-14)16-15(19)12-2-3-12/h4-7,12H,2-3,8-11H2,1H3,(H,16,19). The van der Waals surface area contributed by atoms with Crippen LogP contribution in [0.3, 0.4) is 0 Å². The second-order valence-electron chi connectivity index (χ2n) is 6.00. The molecule has 1 N–H and O–H groups in total. The van der Waals surface area contributed by atoms with Crippen LogP contribution in [0.2, 0.25) is 0 Å². The highest BCUT2D eigenvalue weighted by Gasteiger charge is 2.30. The minimum atomic E-state index is -3.44. The molecule has 1 saturated carbocycles. The Hall–Kier alpha value is -1.44. The number of hydrogen-bond donors (Lipinski definition) is 1. The van der Waals surface area contributed by atoms with Gasteiger partial charge in [0.25, 0.3) is 0 Å². The van der Waals surface area contributed by atoms with E-state index in [2.05, 4.69) is 10.2 Å². The molecule has 7 heteroatoms. The van der Waals surface area contributed by atoms with Gasteiger partial charge in [0.05, 0.1) is 4.90 Å². The maximum Gasteiger partial charge on any atom is 0.243 e. The van der Waals surface area contributed by atoms with Gasteiger partial charge in [-0.25, -0.2) is 8.42 Å². The largest absolute Gasteiger partial charge is 0.326 e. The number of piperazine rings is 1. The number of rotatable bonds is 4. The first-order valence-electron chi connectivity index (χ1n) is 7.56. The van der Waals surface area contributed by atoms with E-state index < -0.39 is 10.0 Å². The van der Waals surface area contributed by atoms with Gasteiger partial charge in [-0.05, 0) is 44.2 Å². The quantitative estimate of drug-likeness (QED) is 0.896. The first-order valence-corrected chi connectivity index (χ1v) is 9.00. The smallest absolute Gasteiger partial charge is 0.243 e. The third-order valence-corrected chi connectivity index (χ3v) is 6.08. The van der Waals surface area contributed by atoms with Crippen molar-refractivity contribution in [2.24, 2.45) is 5.92 Å². The Kier molecular flexibility index (Phi) is 4.20. The topological polar surface area (TPSA) is 69.7 Å². The number of likely N-dealkylation sites (N-methyl/N-ethyl adjacent to an activating group) is 1.